The van der Waals surface area contributed by atoms with Gasteiger partial charge in [-0.25, -0.2) is 9.97 Å². The Kier molecular flexibility index (Phi) is 4.89. The number of aromatic nitrogens is 2. The largest absolute Gasteiger partial charge is 0.394 e. The first-order valence-electron chi connectivity index (χ1n) is 9.39. The topological polar surface area (TPSA) is 64.5 Å². The highest BCUT2D eigenvalue weighted by Gasteiger charge is 2.37. The fraction of sp³-hybridized carbons (Fsp3) is 0.500. The van der Waals surface area contributed by atoms with Crippen molar-refractivity contribution in [2.75, 3.05) is 44.7 Å². The zero-order chi connectivity index (χ0) is 18.0. The van der Waals surface area contributed by atoms with Crippen LogP contribution in [0.3, 0.4) is 0 Å². The van der Waals surface area contributed by atoms with Gasteiger partial charge >= 0.3 is 0 Å². The van der Waals surface area contributed by atoms with Crippen LogP contribution in [0.1, 0.15) is 23.1 Å². The molecule has 0 spiro atoms. The summed E-state index contributed by atoms with van der Waals surface area (Å²) in [6, 6.07) is 8.39. The third-order valence-electron chi connectivity index (χ3n) is 5.73. The maximum Gasteiger partial charge on any atom is 0.225 e. The molecule has 0 radical (unpaired) electrons. The number of rotatable bonds is 5. The molecule has 2 N–H and O–H groups in total. The van der Waals surface area contributed by atoms with Crippen LogP contribution in [0.15, 0.2) is 36.7 Å². The van der Waals surface area contributed by atoms with Gasteiger partial charge in [-0.05, 0) is 31.0 Å². The molecule has 2 aliphatic rings. The van der Waals surface area contributed by atoms with Crippen molar-refractivity contribution in [1.82, 2.24) is 20.2 Å². The van der Waals surface area contributed by atoms with Gasteiger partial charge in [-0.2, -0.15) is 0 Å². The Bertz CT molecular complexity index is 742. The Hall–Kier alpha value is -2.02. The molecule has 0 saturated carbocycles. The lowest BCUT2D eigenvalue weighted by atomic mass is 9.92. The molecule has 4 rings (SSSR count). The molecule has 6 heteroatoms. The van der Waals surface area contributed by atoms with E-state index in [0.29, 0.717) is 6.54 Å². The van der Waals surface area contributed by atoms with E-state index in [1.165, 1.54) is 11.1 Å². The van der Waals surface area contributed by atoms with Crippen LogP contribution >= 0.6 is 0 Å². The zero-order valence-corrected chi connectivity index (χ0v) is 15.4. The van der Waals surface area contributed by atoms with Crippen molar-refractivity contribution in [1.29, 1.82) is 0 Å². The Morgan fingerprint density at radius 1 is 1.12 bits per heavy atom. The van der Waals surface area contributed by atoms with Gasteiger partial charge in [0.1, 0.15) is 0 Å². The number of likely N-dealkylation sites (N-methyl/N-ethyl adjacent to an activating group) is 1. The predicted octanol–water partition coefficient (Wildman–Crippen LogP) is 1.15. The number of hydrogen-bond donors (Lipinski definition) is 2. The van der Waals surface area contributed by atoms with Crippen LogP contribution in [-0.2, 0) is 18.5 Å². The van der Waals surface area contributed by atoms with E-state index in [1.807, 2.05) is 18.5 Å². The predicted molar refractivity (Wildman–Crippen MR) is 102 cm³/mol. The molecule has 26 heavy (non-hydrogen) atoms. The molecule has 2 heterocycles. The summed E-state index contributed by atoms with van der Waals surface area (Å²) < 4.78 is 0. The van der Waals surface area contributed by atoms with Gasteiger partial charge in [-0.15, -0.1) is 0 Å². The molecule has 1 unspecified atom stereocenters. The number of aliphatic hydroxyl groups is 1. The molecule has 6 nitrogen and oxygen atoms in total. The van der Waals surface area contributed by atoms with Crippen LogP contribution in [0.25, 0.3) is 0 Å². The summed E-state index contributed by atoms with van der Waals surface area (Å²) in [5, 5.41) is 13.6. The van der Waals surface area contributed by atoms with Crippen molar-refractivity contribution >= 4 is 5.95 Å². The van der Waals surface area contributed by atoms with E-state index in [1.54, 1.807) is 0 Å². The first kappa shape index (κ1) is 17.4. The van der Waals surface area contributed by atoms with Gasteiger partial charge in [-0.3, -0.25) is 0 Å². The average molecular weight is 353 g/mol. The maximum atomic E-state index is 10.1. The summed E-state index contributed by atoms with van der Waals surface area (Å²) in [7, 11) is 2.14. The standard InChI is InChI=1S/C20H27N5O/c1-24-8-10-25(11-9-24)19-21-12-16(13-22-19)14-23-20(15-26)7-6-17-4-2-3-5-18(17)20/h2-5,12-13,23,26H,6-11,14-15H2,1H3. The van der Waals surface area contributed by atoms with Gasteiger partial charge in [0.15, 0.2) is 0 Å². The summed E-state index contributed by atoms with van der Waals surface area (Å²) in [5.41, 5.74) is 3.24. The Labute approximate surface area is 154 Å². The van der Waals surface area contributed by atoms with Crippen LogP contribution in [0, 0.1) is 0 Å². The number of nitrogens with zero attached hydrogens (tertiary/aromatic N) is 4. The van der Waals surface area contributed by atoms with E-state index in [9.17, 15) is 5.11 Å². The van der Waals surface area contributed by atoms with E-state index in [0.717, 1.165) is 50.5 Å². The summed E-state index contributed by atoms with van der Waals surface area (Å²) in [6.45, 7) is 4.79. The van der Waals surface area contributed by atoms with Gasteiger partial charge in [0, 0.05) is 50.7 Å². The highest BCUT2D eigenvalue weighted by atomic mass is 16.3. The number of nitrogens with one attached hydrogen (secondary N) is 1. The summed E-state index contributed by atoms with van der Waals surface area (Å²) >= 11 is 0. The summed E-state index contributed by atoms with van der Waals surface area (Å²) in [6.07, 6.45) is 5.73. The Balaban J connectivity index is 1.42. The molecule has 1 aromatic heterocycles. The van der Waals surface area contributed by atoms with Gasteiger partial charge < -0.3 is 20.2 Å². The molecule has 0 bridgehead atoms. The van der Waals surface area contributed by atoms with Crippen molar-refractivity contribution in [3.63, 3.8) is 0 Å². The molecule has 2 aromatic rings. The third-order valence-corrected chi connectivity index (χ3v) is 5.73. The molecule has 138 valence electrons. The second-order valence-corrected chi connectivity index (χ2v) is 7.43. The minimum Gasteiger partial charge on any atom is -0.394 e. The van der Waals surface area contributed by atoms with E-state index >= 15 is 0 Å². The van der Waals surface area contributed by atoms with E-state index in [2.05, 4.69) is 50.3 Å². The smallest absolute Gasteiger partial charge is 0.225 e. The fourth-order valence-electron chi connectivity index (χ4n) is 3.97. The molecule has 1 aliphatic carbocycles. The van der Waals surface area contributed by atoms with Crippen molar-refractivity contribution < 1.29 is 5.11 Å². The minimum absolute atomic E-state index is 0.101. The number of anilines is 1. The molecular formula is C20H27N5O. The van der Waals surface area contributed by atoms with Gasteiger partial charge in [0.05, 0.1) is 12.1 Å². The molecule has 1 atom stereocenters. The van der Waals surface area contributed by atoms with Gasteiger partial charge in [-0.1, -0.05) is 24.3 Å². The molecule has 1 aromatic carbocycles. The van der Waals surface area contributed by atoms with Crippen LogP contribution in [0.4, 0.5) is 5.95 Å². The van der Waals surface area contributed by atoms with Crippen LogP contribution in [0.5, 0.6) is 0 Å². The highest BCUT2D eigenvalue weighted by molar-refractivity contribution is 5.39. The molecular weight excluding hydrogens is 326 g/mol. The first-order valence-corrected chi connectivity index (χ1v) is 9.39. The Morgan fingerprint density at radius 2 is 1.85 bits per heavy atom. The lowest BCUT2D eigenvalue weighted by Gasteiger charge is -2.32. The zero-order valence-electron chi connectivity index (χ0n) is 15.4. The first-order chi connectivity index (χ1) is 12.7. The SMILES string of the molecule is CN1CCN(c2ncc(CNC3(CO)CCc4ccccc43)cn2)CC1. The third kappa shape index (κ3) is 3.32. The van der Waals surface area contributed by atoms with Crippen molar-refractivity contribution in [3.05, 3.63) is 53.3 Å². The number of aliphatic hydroxyl groups excluding tert-OH is 1. The number of aryl methyl sites for hydroxylation is 1. The number of hydrogen-bond acceptors (Lipinski definition) is 6. The second kappa shape index (κ2) is 7.31. The van der Waals surface area contributed by atoms with E-state index in [4.69, 9.17) is 0 Å². The maximum absolute atomic E-state index is 10.1. The monoisotopic (exact) mass is 353 g/mol. The van der Waals surface area contributed by atoms with E-state index in [-0.39, 0.29) is 12.1 Å². The van der Waals surface area contributed by atoms with Crippen LogP contribution < -0.4 is 10.2 Å². The lowest BCUT2D eigenvalue weighted by molar-refractivity contribution is 0.158. The van der Waals surface area contributed by atoms with Crippen molar-refractivity contribution in [2.45, 2.75) is 24.9 Å². The number of piperazine rings is 1. The van der Waals surface area contributed by atoms with Gasteiger partial charge in [0.25, 0.3) is 0 Å². The molecule has 1 saturated heterocycles. The molecule has 0 amide bonds. The van der Waals surface area contributed by atoms with Gasteiger partial charge in [0.2, 0.25) is 5.95 Å². The number of fused-ring (bicyclic) bond motifs is 1. The highest BCUT2D eigenvalue weighted by Crippen LogP contribution is 2.36. The minimum atomic E-state index is -0.354. The molecule has 1 fully saturated rings. The quantitative estimate of drug-likeness (QED) is 0.841. The fourth-order valence-corrected chi connectivity index (χ4v) is 3.97. The normalized spacial score (nSPS) is 23.2. The summed E-state index contributed by atoms with van der Waals surface area (Å²) in [4.78, 5) is 13.7. The van der Waals surface area contributed by atoms with Crippen molar-refractivity contribution in [3.8, 4) is 0 Å². The Morgan fingerprint density at radius 3 is 2.58 bits per heavy atom. The second-order valence-electron chi connectivity index (χ2n) is 7.43. The van der Waals surface area contributed by atoms with Crippen LogP contribution in [0.2, 0.25) is 0 Å². The summed E-state index contributed by atoms with van der Waals surface area (Å²) in [5.74, 6) is 0.810. The van der Waals surface area contributed by atoms with Crippen LogP contribution in [-0.4, -0.2) is 59.8 Å². The molecule has 1 aliphatic heterocycles. The average Bonchev–Trinajstić information content (AvgIpc) is 3.07. The van der Waals surface area contributed by atoms with Crippen molar-refractivity contribution in [2.24, 2.45) is 0 Å². The van der Waals surface area contributed by atoms with E-state index < -0.39 is 0 Å². The number of benzene rings is 1. The lowest BCUT2D eigenvalue weighted by Crippen LogP contribution is -2.45.